The number of hydrogen-bond donors (Lipinski definition) is 2. The van der Waals surface area contributed by atoms with Gasteiger partial charge in [0.2, 0.25) is 5.91 Å². The Morgan fingerprint density at radius 3 is 2.87 bits per heavy atom. The van der Waals surface area contributed by atoms with Crippen LogP contribution >= 0.6 is 11.3 Å². The van der Waals surface area contributed by atoms with Crippen LogP contribution < -0.4 is 10.6 Å². The second kappa shape index (κ2) is 6.27. The topological polar surface area (TPSA) is 58.2 Å². The van der Waals surface area contributed by atoms with Gasteiger partial charge in [-0.05, 0) is 60.8 Å². The van der Waals surface area contributed by atoms with E-state index >= 15 is 0 Å². The van der Waals surface area contributed by atoms with Crippen LogP contribution in [0.4, 0.5) is 0 Å². The van der Waals surface area contributed by atoms with Crippen molar-refractivity contribution in [1.29, 1.82) is 0 Å². The Bertz CT molecular complexity index is 586. The fourth-order valence-electron chi connectivity index (χ4n) is 5.30. The predicted molar refractivity (Wildman–Crippen MR) is 90.2 cm³/mol. The molecule has 2 bridgehead atoms. The van der Waals surface area contributed by atoms with E-state index in [1.165, 1.54) is 43.4 Å². The first kappa shape index (κ1) is 15.2. The minimum absolute atomic E-state index is 0.0858. The number of thiophene rings is 1. The fourth-order valence-corrected chi connectivity index (χ4v) is 5.93. The highest BCUT2D eigenvalue weighted by Gasteiger charge is 2.53. The normalized spacial score (nSPS) is 34.3. The largest absolute Gasteiger partial charge is 0.353 e. The Balaban J connectivity index is 1.21. The van der Waals surface area contributed by atoms with Gasteiger partial charge in [-0.1, -0.05) is 6.42 Å². The van der Waals surface area contributed by atoms with Gasteiger partial charge >= 0.3 is 0 Å². The summed E-state index contributed by atoms with van der Waals surface area (Å²) >= 11 is 1.50. The molecular weight excluding hydrogens is 308 g/mol. The zero-order chi connectivity index (χ0) is 15.8. The highest BCUT2D eigenvalue weighted by atomic mass is 32.1. The van der Waals surface area contributed by atoms with Crippen LogP contribution in [0.1, 0.15) is 48.9 Å². The molecule has 1 heterocycles. The third-order valence-corrected chi connectivity index (χ3v) is 6.88. The van der Waals surface area contributed by atoms with Gasteiger partial charge in [-0.15, -0.1) is 0 Å². The molecule has 4 nitrogen and oxygen atoms in total. The van der Waals surface area contributed by atoms with Gasteiger partial charge in [-0.3, -0.25) is 9.59 Å². The number of hydrogen-bond acceptors (Lipinski definition) is 3. The van der Waals surface area contributed by atoms with Crippen LogP contribution in [-0.2, 0) is 4.79 Å². The van der Waals surface area contributed by atoms with Gasteiger partial charge < -0.3 is 10.6 Å². The maximum atomic E-state index is 12.2. The maximum Gasteiger partial charge on any atom is 0.252 e. The van der Waals surface area contributed by atoms with Crippen molar-refractivity contribution in [2.75, 3.05) is 6.54 Å². The quantitative estimate of drug-likeness (QED) is 0.871. The van der Waals surface area contributed by atoms with Gasteiger partial charge in [0.15, 0.2) is 0 Å². The number of rotatable bonds is 5. The molecule has 124 valence electrons. The summed E-state index contributed by atoms with van der Waals surface area (Å²) < 4.78 is 0. The molecule has 4 rings (SSSR count). The van der Waals surface area contributed by atoms with E-state index in [-0.39, 0.29) is 11.8 Å². The lowest BCUT2D eigenvalue weighted by Crippen LogP contribution is -2.43. The van der Waals surface area contributed by atoms with E-state index in [1.807, 2.05) is 10.8 Å². The molecule has 0 aliphatic heterocycles. The van der Waals surface area contributed by atoms with Crippen LogP contribution in [0.3, 0.4) is 0 Å². The molecule has 0 radical (unpaired) electrons. The third kappa shape index (κ3) is 2.91. The molecule has 3 aliphatic carbocycles. The van der Waals surface area contributed by atoms with E-state index in [9.17, 15) is 9.59 Å². The monoisotopic (exact) mass is 332 g/mol. The summed E-state index contributed by atoms with van der Waals surface area (Å²) in [4.78, 5) is 24.0. The molecule has 5 atom stereocenters. The molecule has 0 aromatic carbocycles. The molecular formula is C18H24N2O2S. The summed E-state index contributed by atoms with van der Waals surface area (Å²) in [5.74, 6) is 3.40. The third-order valence-electron chi connectivity index (χ3n) is 6.20. The summed E-state index contributed by atoms with van der Waals surface area (Å²) in [6.45, 7) is 0.410. The second-order valence-electron chi connectivity index (χ2n) is 7.35. The van der Waals surface area contributed by atoms with E-state index in [1.54, 1.807) is 6.07 Å². The van der Waals surface area contributed by atoms with E-state index in [0.717, 1.165) is 23.7 Å². The minimum Gasteiger partial charge on any atom is -0.353 e. The van der Waals surface area contributed by atoms with Gasteiger partial charge in [0.1, 0.15) is 0 Å². The van der Waals surface area contributed by atoms with Crippen molar-refractivity contribution in [3.8, 4) is 0 Å². The highest BCUT2D eigenvalue weighted by molar-refractivity contribution is 7.08. The smallest absolute Gasteiger partial charge is 0.252 e. The average molecular weight is 332 g/mol. The molecule has 2 amide bonds. The van der Waals surface area contributed by atoms with Gasteiger partial charge in [-0.25, -0.2) is 0 Å². The van der Waals surface area contributed by atoms with E-state index < -0.39 is 0 Å². The van der Waals surface area contributed by atoms with Gasteiger partial charge in [0.25, 0.3) is 5.91 Å². The van der Waals surface area contributed by atoms with Crippen molar-refractivity contribution < 1.29 is 9.59 Å². The molecule has 2 N–H and O–H groups in total. The predicted octanol–water partition coefficient (Wildman–Crippen LogP) is 2.81. The van der Waals surface area contributed by atoms with Crippen LogP contribution in [0, 0.1) is 23.7 Å². The van der Waals surface area contributed by atoms with Crippen molar-refractivity contribution in [2.24, 2.45) is 23.7 Å². The van der Waals surface area contributed by atoms with Gasteiger partial charge in [0, 0.05) is 30.0 Å². The van der Waals surface area contributed by atoms with Crippen molar-refractivity contribution >= 4 is 23.2 Å². The Labute approximate surface area is 141 Å². The summed E-state index contributed by atoms with van der Waals surface area (Å²) in [6.07, 6.45) is 7.06. The molecule has 1 aromatic rings. The number of carbonyl (C=O) groups excluding carboxylic acids is 2. The molecule has 3 saturated carbocycles. The van der Waals surface area contributed by atoms with Crippen LogP contribution in [0.5, 0.6) is 0 Å². The zero-order valence-corrected chi connectivity index (χ0v) is 14.1. The first-order chi connectivity index (χ1) is 11.2. The van der Waals surface area contributed by atoms with Crippen molar-refractivity contribution in [3.63, 3.8) is 0 Å². The second-order valence-corrected chi connectivity index (χ2v) is 8.13. The Morgan fingerprint density at radius 2 is 2.04 bits per heavy atom. The molecule has 23 heavy (non-hydrogen) atoms. The van der Waals surface area contributed by atoms with Crippen molar-refractivity contribution in [3.05, 3.63) is 22.4 Å². The zero-order valence-electron chi connectivity index (χ0n) is 13.3. The summed E-state index contributed by atoms with van der Waals surface area (Å²) in [5, 5.41) is 9.77. The standard InChI is InChI=1S/C18H24N2O2S/c21-17(4-6-19-18(22)11-5-7-23-10-11)20-16-9-12-8-15(16)14-3-1-2-13(12)14/h5,7,10,12-16H,1-4,6,8-9H2,(H,19,22)(H,20,21). The van der Waals surface area contributed by atoms with Gasteiger partial charge in [0.05, 0.1) is 0 Å². The lowest BCUT2D eigenvalue weighted by molar-refractivity contribution is -0.122. The fraction of sp³-hybridized carbons (Fsp3) is 0.667. The van der Waals surface area contributed by atoms with E-state index in [0.29, 0.717) is 24.6 Å². The number of carbonyl (C=O) groups is 2. The molecule has 1 aromatic heterocycles. The average Bonchev–Trinajstić information content (AvgIpc) is 3.28. The Morgan fingerprint density at radius 1 is 1.17 bits per heavy atom. The van der Waals surface area contributed by atoms with Crippen LogP contribution in [0.25, 0.3) is 0 Å². The first-order valence-corrected chi connectivity index (χ1v) is 9.76. The Hall–Kier alpha value is -1.36. The summed E-state index contributed by atoms with van der Waals surface area (Å²) in [7, 11) is 0. The Kier molecular flexibility index (Phi) is 4.14. The molecule has 5 heteroatoms. The minimum atomic E-state index is -0.0900. The first-order valence-electron chi connectivity index (χ1n) is 8.82. The highest BCUT2D eigenvalue weighted by Crippen LogP contribution is 2.58. The van der Waals surface area contributed by atoms with Crippen LogP contribution in [0.2, 0.25) is 0 Å². The molecule has 0 saturated heterocycles. The van der Waals surface area contributed by atoms with Gasteiger partial charge in [-0.2, -0.15) is 11.3 Å². The number of fused-ring (bicyclic) bond motifs is 5. The number of amides is 2. The van der Waals surface area contributed by atoms with Crippen molar-refractivity contribution in [2.45, 2.75) is 44.6 Å². The lowest BCUT2D eigenvalue weighted by atomic mass is 9.79. The molecule has 0 spiro atoms. The van der Waals surface area contributed by atoms with E-state index in [2.05, 4.69) is 10.6 Å². The maximum absolute atomic E-state index is 12.2. The van der Waals surface area contributed by atoms with Crippen LogP contribution in [0.15, 0.2) is 16.8 Å². The number of nitrogens with one attached hydrogen (secondary N) is 2. The lowest BCUT2D eigenvalue weighted by Gasteiger charge is -2.32. The summed E-state index contributed by atoms with van der Waals surface area (Å²) in [6, 6.07) is 2.19. The molecule has 3 aliphatic rings. The summed E-state index contributed by atoms with van der Waals surface area (Å²) in [5.41, 5.74) is 0.677. The van der Waals surface area contributed by atoms with E-state index in [4.69, 9.17) is 0 Å². The van der Waals surface area contributed by atoms with Crippen molar-refractivity contribution in [1.82, 2.24) is 10.6 Å². The molecule has 3 fully saturated rings. The molecule has 5 unspecified atom stereocenters. The SMILES string of the molecule is O=C(CCNC(=O)c1ccsc1)NC1CC2CC1C1CCCC21. The van der Waals surface area contributed by atoms with Crippen LogP contribution in [-0.4, -0.2) is 24.4 Å².